The summed E-state index contributed by atoms with van der Waals surface area (Å²) in [5.41, 5.74) is 0. The monoisotopic (exact) mass is 163 g/mol. The maximum absolute atomic E-state index is 10.7. The molecule has 0 saturated carbocycles. The number of hydrogen-bond donors (Lipinski definition) is 0. The lowest BCUT2D eigenvalue weighted by Crippen LogP contribution is -2.08. The van der Waals surface area contributed by atoms with Crippen molar-refractivity contribution in [2.75, 3.05) is 19.0 Å². The molecule has 0 aliphatic heterocycles. The van der Waals surface area contributed by atoms with Crippen LogP contribution in [0.15, 0.2) is 12.0 Å². The summed E-state index contributed by atoms with van der Waals surface area (Å²) < 4.78 is 26.0. The van der Waals surface area contributed by atoms with Gasteiger partial charge in [0.1, 0.15) is 0 Å². The van der Waals surface area contributed by atoms with Crippen LogP contribution < -0.4 is 0 Å². The molecule has 0 unspecified atom stereocenters. The van der Waals surface area contributed by atoms with Crippen molar-refractivity contribution in [1.29, 1.82) is 0 Å². The van der Waals surface area contributed by atoms with Crippen molar-refractivity contribution < 1.29 is 13.2 Å². The molecular weight excluding hydrogens is 152 g/mol. The SMILES string of the molecule is [CH2]COCCS(=O)(=O)C=C. The molecule has 0 spiro atoms. The van der Waals surface area contributed by atoms with E-state index in [4.69, 9.17) is 4.74 Å². The summed E-state index contributed by atoms with van der Waals surface area (Å²) in [5, 5.41) is 0.930. The molecule has 10 heavy (non-hydrogen) atoms. The molecule has 0 heterocycles. The summed E-state index contributed by atoms with van der Waals surface area (Å²) >= 11 is 0. The molecule has 0 aromatic heterocycles. The third kappa shape index (κ3) is 4.52. The summed E-state index contributed by atoms with van der Waals surface area (Å²) in [6.45, 7) is 7.03. The lowest BCUT2D eigenvalue weighted by molar-refractivity contribution is 0.177. The molecule has 0 saturated heterocycles. The molecule has 0 atom stereocenters. The Morgan fingerprint density at radius 3 is 2.50 bits per heavy atom. The van der Waals surface area contributed by atoms with Crippen molar-refractivity contribution in [1.82, 2.24) is 0 Å². The molecule has 3 nitrogen and oxygen atoms in total. The van der Waals surface area contributed by atoms with E-state index in [0.717, 1.165) is 5.41 Å². The second-order valence-electron chi connectivity index (χ2n) is 1.65. The highest BCUT2D eigenvalue weighted by Gasteiger charge is 2.02. The zero-order valence-electron chi connectivity index (χ0n) is 5.75. The van der Waals surface area contributed by atoms with Crippen molar-refractivity contribution in [3.05, 3.63) is 18.9 Å². The maximum Gasteiger partial charge on any atom is 0.173 e. The van der Waals surface area contributed by atoms with Gasteiger partial charge in [0.2, 0.25) is 0 Å². The van der Waals surface area contributed by atoms with E-state index in [1.807, 2.05) is 0 Å². The lowest BCUT2D eigenvalue weighted by Gasteiger charge is -1.97. The zero-order valence-corrected chi connectivity index (χ0v) is 6.56. The summed E-state index contributed by atoms with van der Waals surface area (Å²) in [6.07, 6.45) is 0. The Morgan fingerprint density at radius 2 is 2.10 bits per heavy atom. The van der Waals surface area contributed by atoms with E-state index in [-0.39, 0.29) is 12.4 Å². The second-order valence-corrected chi connectivity index (χ2v) is 3.71. The molecule has 0 N–H and O–H groups in total. The number of hydrogen-bond acceptors (Lipinski definition) is 3. The van der Waals surface area contributed by atoms with Gasteiger partial charge in [-0.25, -0.2) is 8.42 Å². The van der Waals surface area contributed by atoms with E-state index in [1.54, 1.807) is 0 Å². The van der Waals surface area contributed by atoms with E-state index in [2.05, 4.69) is 13.5 Å². The highest BCUT2D eigenvalue weighted by molar-refractivity contribution is 7.94. The van der Waals surface area contributed by atoms with Gasteiger partial charge in [0.05, 0.1) is 12.4 Å². The highest BCUT2D eigenvalue weighted by atomic mass is 32.2. The van der Waals surface area contributed by atoms with Gasteiger partial charge >= 0.3 is 0 Å². The molecule has 0 rings (SSSR count). The number of sulfone groups is 1. The van der Waals surface area contributed by atoms with Crippen LogP contribution in [0.2, 0.25) is 0 Å². The molecule has 0 amide bonds. The van der Waals surface area contributed by atoms with Crippen LogP contribution in [0, 0.1) is 6.92 Å². The Bertz CT molecular complexity index is 181. The minimum Gasteiger partial charge on any atom is -0.380 e. The Morgan fingerprint density at radius 1 is 1.50 bits per heavy atom. The number of rotatable bonds is 5. The van der Waals surface area contributed by atoms with Crippen molar-refractivity contribution in [2.24, 2.45) is 0 Å². The fraction of sp³-hybridized carbons (Fsp3) is 0.500. The van der Waals surface area contributed by atoms with Gasteiger partial charge in [-0.1, -0.05) is 6.58 Å². The molecule has 0 aliphatic rings. The third-order valence-corrected chi connectivity index (χ3v) is 2.15. The van der Waals surface area contributed by atoms with Crippen LogP contribution in [0.4, 0.5) is 0 Å². The van der Waals surface area contributed by atoms with E-state index in [0.29, 0.717) is 6.61 Å². The van der Waals surface area contributed by atoms with Crippen LogP contribution >= 0.6 is 0 Å². The molecule has 0 aliphatic carbocycles. The molecular formula is C6H11O3S. The summed E-state index contributed by atoms with van der Waals surface area (Å²) in [7, 11) is -3.08. The second kappa shape index (κ2) is 4.46. The lowest BCUT2D eigenvalue weighted by atomic mass is 10.8. The van der Waals surface area contributed by atoms with Crippen molar-refractivity contribution in [2.45, 2.75) is 0 Å². The number of ether oxygens (including phenoxy) is 1. The largest absolute Gasteiger partial charge is 0.380 e. The fourth-order valence-corrected chi connectivity index (χ4v) is 0.877. The van der Waals surface area contributed by atoms with E-state index in [1.165, 1.54) is 0 Å². The van der Waals surface area contributed by atoms with Gasteiger partial charge < -0.3 is 4.74 Å². The van der Waals surface area contributed by atoms with Gasteiger partial charge in [-0.3, -0.25) is 0 Å². The quantitative estimate of drug-likeness (QED) is 0.551. The average Bonchev–Trinajstić information content (AvgIpc) is 1.89. The Labute approximate surface area is 61.6 Å². The molecule has 0 bridgehead atoms. The van der Waals surface area contributed by atoms with Gasteiger partial charge in [-0.15, -0.1) is 0 Å². The standard InChI is InChI=1S/C6H11O3S/c1-3-9-5-6-10(7,8)4-2/h4H,1-3,5-6H2. The summed E-state index contributed by atoms with van der Waals surface area (Å²) in [5.74, 6) is -0.00792. The highest BCUT2D eigenvalue weighted by Crippen LogP contribution is 1.89. The first kappa shape index (κ1) is 9.65. The van der Waals surface area contributed by atoms with Gasteiger partial charge in [-0.2, -0.15) is 0 Å². The van der Waals surface area contributed by atoms with Crippen LogP contribution in [0.5, 0.6) is 0 Å². The van der Waals surface area contributed by atoms with Crippen LogP contribution in [0.1, 0.15) is 0 Å². The average molecular weight is 163 g/mol. The van der Waals surface area contributed by atoms with Crippen LogP contribution in [0.3, 0.4) is 0 Å². The van der Waals surface area contributed by atoms with Gasteiger partial charge in [0.15, 0.2) is 9.84 Å². The first-order valence-electron chi connectivity index (χ1n) is 2.84. The topological polar surface area (TPSA) is 43.4 Å². The van der Waals surface area contributed by atoms with E-state index >= 15 is 0 Å². The molecule has 0 aromatic carbocycles. The minimum absolute atomic E-state index is 0.00792. The molecule has 4 heteroatoms. The molecule has 59 valence electrons. The first-order chi connectivity index (χ1) is 4.62. The van der Waals surface area contributed by atoms with Crippen LogP contribution in [0.25, 0.3) is 0 Å². The molecule has 0 fully saturated rings. The first-order valence-corrected chi connectivity index (χ1v) is 4.56. The summed E-state index contributed by atoms with van der Waals surface area (Å²) in [4.78, 5) is 0. The normalized spacial score (nSPS) is 11.3. The minimum atomic E-state index is -3.08. The van der Waals surface area contributed by atoms with Crippen molar-refractivity contribution in [3.63, 3.8) is 0 Å². The Balaban J connectivity index is 3.59. The maximum atomic E-state index is 10.7. The Kier molecular flexibility index (Phi) is 4.31. The summed E-state index contributed by atoms with van der Waals surface area (Å²) in [6, 6.07) is 0. The molecule has 1 radical (unpaired) electrons. The third-order valence-electron chi connectivity index (χ3n) is 0.910. The van der Waals surface area contributed by atoms with E-state index < -0.39 is 9.84 Å². The fourth-order valence-electron chi connectivity index (χ4n) is 0.360. The van der Waals surface area contributed by atoms with Crippen molar-refractivity contribution in [3.8, 4) is 0 Å². The van der Waals surface area contributed by atoms with Gasteiger partial charge in [-0.05, 0) is 6.92 Å². The predicted octanol–water partition coefficient (Wildman–Crippen LogP) is 0.395. The van der Waals surface area contributed by atoms with Gasteiger partial charge in [0, 0.05) is 12.0 Å². The van der Waals surface area contributed by atoms with E-state index in [9.17, 15) is 8.42 Å². The Hall–Kier alpha value is -0.350. The van der Waals surface area contributed by atoms with Crippen LogP contribution in [-0.4, -0.2) is 27.4 Å². The predicted molar refractivity (Wildman–Crippen MR) is 40.2 cm³/mol. The molecule has 0 aromatic rings. The smallest absolute Gasteiger partial charge is 0.173 e. The van der Waals surface area contributed by atoms with Crippen molar-refractivity contribution >= 4 is 9.84 Å². The van der Waals surface area contributed by atoms with Crippen LogP contribution in [-0.2, 0) is 14.6 Å². The zero-order chi connectivity index (χ0) is 8.04. The van der Waals surface area contributed by atoms with Gasteiger partial charge in [0.25, 0.3) is 0 Å².